The lowest BCUT2D eigenvalue weighted by Crippen LogP contribution is -2.26. The summed E-state index contributed by atoms with van der Waals surface area (Å²) < 4.78 is 0. The van der Waals surface area contributed by atoms with E-state index < -0.39 is 0 Å². The molecule has 0 unspecified atom stereocenters. The number of aryl methyl sites for hydroxylation is 1. The van der Waals surface area contributed by atoms with Crippen LogP contribution in [0.2, 0.25) is 0 Å². The fourth-order valence-electron chi connectivity index (χ4n) is 1.39. The third-order valence-electron chi connectivity index (χ3n) is 2.17. The Bertz CT molecular complexity index is 368. The number of hydrogen-bond acceptors (Lipinski definition) is 4. The van der Waals surface area contributed by atoms with Crippen molar-refractivity contribution < 1.29 is 5.11 Å². The molecule has 5 heteroatoms. The Morgan fingerprint density at radius 1 is 1.47 bits per heavy atom. The number of aliphatic imine (C=N–C) groups is 1. The molecule has 0 spiro atoms. The summed E-state index contributed by atoms with van der Waals surface area (Å²) in [5.41, 5.74) is 5.22. The number of hydrogen-bond donors (Lipinski definition) is 2. The summed E-state index contributed by atoms with van der Waals surface area (Å²) in [5, 5.41) is 11.2. The molecule has 0 saturated heterocycles. The Balaban J connectivity index is 0.00000112. The summed E-state index contributed by atoms with van der Waals surface area (Å²) in [4.78, 5) is 4.10. The van der Waals surface area contributed by atoms with Crippen molar-refractivity contribution in [1.82, 2.24) is 5.01 Å². The van der Waals surface area contributed by atoms with Crippen LogP contribution in [0.4, 0.5) is 5.69 Å². The minimum Gasteiger partial charge on any atom is -0.508 e. The molecule has 1 heterocycles. The molecule has 1 aliphatic heterocycles. The fraction of sp³-hybridized carbons (Fsp3) is 0.300. The van der Waals surface area contributed by atoms with Gasteiger partial charge in [-0.2, -0.15) is 0 Å². The third-order valence-corrected chi connectivity index (χ3v) is 2.17. The van der Waals surface area contributed by atoms with E-state index in [1.54, 1.807) is 18.5 Å². The predicted molar refractivity (Wildman–Crippen MR) is 63.8 cm³/mol. The topological polar surface area (TPSA) is 47.9 Å². The zero-order valence-corrected chi connectivity index (χ0v) is 9.29. The summed E-state index contributed by atoms with van der Waals surface area (Å²) in [6, 6.07) is 5.26. The SMILES string of the molecule is Cc1cc(O)ccc1NN1C=NCC1.Cl. The lowest BCUT2D eigenvalue weighted by molar-refractivity contribution is 0.474. The number of hydrazine groups is 1. The van der Waals surface area contributed by atoms with Crippen LogP contribution in [0.5, 0.6) is 5.75 Å². The fourth-order valence-corrected chi connectivity index (χ4v) is 1.39. The largest absolute Gasteiger partial charge is 0.508 e. The quantitative estimate of drug-likeness (QED) is 0.758. The van der Waals surface area contributed by atoms with Gasteiger partial charge in [-0.3, -0.25) is 15.4 Å². The zero-order valence-electron chi connectivity index (χ0n) is 8.47. The van der Waals surface area contributed by atoms with Crippen molar-refractivity contribution in [3.63, 3.8) is 0 Å². The highest BCUT2D eigenvalue weighted by atomic mass is 35.5. The zero-order chi connectivity index (χ0) is 9.97. The van der Waals surface area contributed by atoms with Gasteiger partial charge in [-0.1, -0.05) is 0 Å². The normalized spacial score (nSPS) is 13.8. The number of nitrogens with one attached hydrogen (secondary N) is 1. The summed E-state index contributed by atoms with van der Waals surface area (Å²) in [7, 11) is 0. The molecule has 1 aliphatic rings. The average molecular weight is 228 g/mol. The maximum Gasteiger partial charge on any atom is 0.115 e. The van der Waals surface area contributed by atoms with Crippen molar-refractivity contribution in [3.05, 3.63) is 23.8 Å². The molecule has 1 aromatic carbocycles. The van der Waals surface area contributed by atoms with Crippen molar-refractivity contribution in [3.8, 4) is 5.75 Å². The number of benzene rings is 1. The van der Waals surface area contributed by atoms with Crippen LogP contribution < -0.4 is 5.43 Å². The lowest BCUT2D eigenvalue weighted by atomic mass is 10.2. The Morgan fingerprint density at radius 3 is 2.87 bits per heavy atom. The third kappa shape index (κ3) is 2.76. The van der Waals surface area contributed by atoms with Gasteiger partial charge >= 0.3 is 0 Å². The van der Waals surface area contributed by atoms with Crippen LogP contribution in [0, 0.1) is 6.92 Å². The maximum atomic E-state index is 9.23. The molecule has 0 aliphatic carbocycles. The first-order valence-electron chi connectivity index (χ1n) is 4.58. The molecule has 4 nitrogen and oxygen atoms in total. The van der Waals surface area contributed by atoms with Crippen LogP contribution in [0.3, 0.4) is 0 Å². The number of aromatic hydroxyl groups is 1. The highest BCUT2D eigenvalue weighted by Gasteiger charge is 2.06. The van der Waals surface area contributed by atoms with Gasteiger partial charge in [0.2, 0.25) is 0 Å². The molecule has 0 aromatic heterocycles. The lowest BCUT2D eigenvalue weighted by Gasteiger charge is -2.18. The van der Waals surface area contributed by atoms with E-state index in [9.17, 15) is 5.11 Å². The van der Waals surface area contributed by atoms with Crippen molar-refractivity contribution >= 4 is 24.4 Å². The molecule has 0 radical (unpaired) electrons. The smallest absolute Gasteiger partial charge is 0.115 e. The van der Waals surface area contributed by atoms with E-state index >= 15 is 0 Å². The van der Waals surface area contributed by atoms with Gasteiger partial charge < -0.3 is 5.11 Å². The Labute approximate surface area is 95.0 Å². The molecule has 0 saturated carbocycles. The first-order chi connectivity index (χ1) is 6.75. The second-order valence-electron chi connectivity index (χ2n) is 3.33. The average Bonchev–Trinajstić information content (AvgIpc) is 2.62. The molecule has 1 aromatic rings. The molecule has 0 atom stereocenters. The molecule has 0 fully saturated rings. The van der Waals surface area contributed by atoms with Crippen LogP contribution in [0.1, 0.15) is 5.56 Å². The summed E-state index contributed by atoms with van der Waals surface area (Å²) in [5.74, 6) is 0.295. The maximum absolute atomic E-state index is 9.23. The van der Waals surface area contributed by atoms with Crippen LogP contribution >= 0.6 is 12.4 Å². The van der Waals surface area contributed by atoms with Crippen molar-refractivity contribution in [2.45, 2.75) is 6.92 Å². The van der Waals surface area contributed by atoms with Gasteiger partial charge in [0.15, 0.2) is 0 Å². The van der Waals surface area contributed by atoms with Gasteiger partial charge in [-0.15, -0.1) is 12.4 Å². The standard InChI is InChI=1S/C10H13N3O.ClH/c1-8-6-9(14)2-3-10(8)12-13-5-4-11-7-13;/h2-3,6-7,12,14H,4-5H2,1H3;1H. The Morgan fingerprint density at radius 2 is 2.27 bits per heavy atom. The van der Waals surface area contributed by atoms with Crippen LogP contribution in [-0.4, -0.2) is 29.5 Å². The molecular formula is C10H14ClN3O. The minimum absolute atomic E-state index is 0. The Kier molecular flexibility index (Phi) is 3.80. The first-order valence-corrected chi connectivity index (χ1v) is 4.58. The minimum atomic E-state index is 0. The summed E-state index contributed by atoms with van der Waals surface area (Å²) >= 11 is 0. The van der Waals surface area contributed by atoms with Gasteiger partial charge in [-0.05, 0) is 30.7 Å². The van der Waals surface area contributed by atoms with Crippen LogP contribution in [-0.2, 0) is 0 Å². The first kappa shape index (κ1) is 11.7. The summed E-state index contributed by atoms with van der Waals surface area (Å²) in [6.07, 6.45) is 1.78. The molecule has 0 bridgehead atoms. The monoisotopic (exact) mass is 227 g/mol. The van der Waals surface area contributed by atoms with Crippen molar-refractivity contribution in [2.75, 3.05) is 18.5 Å². The summed E-state index contributed by atoms with van der Waals surface area (Å²) in [6.45, 7) is 3.68. The van der Waals surface area contributed by atoms with Crippen LogP contribution in [0.15, 0.2) is 23.2 Å². The van der Waals surface area contributed by atoms with Crippen molar-refractivity contribution in [2.24, 2.45) is 4.99 Å². The second-order valence-corrected chi connectivity index (χ2v) is 3.33. The number of nitrogens with zero attached hydrogens (tertiary/aromatic N) is 2. The van der Waals surface area contributed by atoms with Gasteiger partial charge in [0.25, 0.3) is 0 Å². The number of phenols is 1. The number of anilines is 1. The van der Waals surface area contributed by atoms with Gasteiger partial charge in [-0.25, -0.2) is 0 Å². The highest BCUT2D eigenvalue weighted by molar-refractivity contribution is 5.85. The van der Waals surface area contributed by atoms with E-state index in [0.29, 0.717) is 5.75 Å². The molecule has 2 N–H and O–H groups in total. The number of phenolic OH excluding ortho intramolecular Hbond substituents is 1. The van der Waals surface area contributed by atoms with E-state index in [0.717, 1.165) is 24.3 Å². The van der Waals surface area contributed by atoms with Gasteiger partial charge in [0.05, 0.1) is 18.8 Å². The molecule has 82 valence electrons. The molecule has 15 heavy (non-hydrogen) atoms. The van der Waals surface area contributed by atoms with E-state index in [1.165, 1.54) is 0 Å². The van der Waals surface area contributed by atoms with Crippen LogP contribution in [0.25, 0.3) is 0 Å². The molecule has 2 rings (SSSR count). The van der Waals surface area contributed by atoms with Crippen molar-refractivity contribution in [1.29, 1.82) is 0 Å². The second kappa shape index (κ2) is 4.89. The van der Waals surface area contributed by atoms with E-state index in [4.69, 9.17) is 0 Å². The molecular weight excluding hydrogens is 214 g/mol. The predicted octanol–water partition coefficient (Wildman–Crippen LogP) is 1.79. The Hall–Kier alpha value is -1.42. The highest BCUT2D eigenvalue weighted by Crippen LogP contribution is 2.20. The number of rotatable bonds is 2. The molecule has 0 amide bonds. The van der Waals surface area contributed by atoms with Gasteiger partial charge in [0, 0.05) is 0 Å². The van der Waals surface area contributed by atoms with E-state index in [2.05, 4.69) is 10.4 Å². The van der Waals surface area contributed by atoms with E-state index in [1.807, 2.05) is 18.0 Å². The number of halogens is 1. The van der Waals surface area contributed by atoms with Gasteiger partial charge in [0.1, 0.15) is 12.1 Å². The van der Waals surface area contributed by atoms with E-state index in [-0.39, 0.29) is 12.4 Å².